The van der Waals surface area contributed by atoms with Crippen LogP contribution in [0.2, 0.25) is 0 Å². The summed E-state index contributed by atoms with van der Waals surface area (Å²) >= 11 is 0. The maximum Gasteiger partial charge on any atom is 0.313 e. The van der Waals surface area contributed by atoms with Crippen molar-refractivity contribution in [2.45, 2.75) is 32.1 Å². The molecule has 1 aromatic rings. The SMILES string of the molecule is CCOC(=O)C(c1ccccc1)C1CCC1. The molecular formula is C14H18O2. The zero-order chi connectivity index (χ0) is 11.4. The first-order valence-corrected chi connectivity index (χ1v) is 6.04. The summed E-state index contributed by atoms with van der Waals surface area (Å²) in [6.45, 7) is 2.33. The second kappa shape index (κ2) is 5.15. The fraction of sp³-hybridized carbons (Fsp3) is 0.500. The van der Waals surface area contributed by atoms with Gasteiger partial charge < -0.3 is 4.74 Å². The van der Waals surface area contributed by atoms with E-state index in [0.29, 0.717) is 12.5 Å². The van der Waals surface area contributed by atoms with Gasteiger partial charge in [-0.05, 0) is 31.2 Å². The fourth-order valence-electron chi connectivity index (χ4n) is 2.27. The standard InChI is InChI=1S/C14H18O2/c1-2-16-14(15)13(12-9-6-10-12)11-7-4-3-5-8-11/h3-5,7-8,12-13H,2,6,9-10H2,1H3. The van der Waals surface area contributed by atoms with Gasteiger partial charge in [-0.15, -0.1) is 0 Å². The number of hydrogen-bond acceptors (Lipinski definition) is 2. The lowest BCUT2D eigenvalue weighted by atomic mass is 9.73. The van der Waals surface area contributed by atoms with Crippen LogP contribution in [-0.2, 0) is 9.53 Å². The molecule has 1 atom stereocenters. The summed E-state index contributed by atoms with van der Waals surface area (Å²) in [6.07, 6.45) is 3.55. The normalized spacial score (nSPS) is 17.6. The van der Waals surface area contributed by atoms with Crippen molar-refractivity contribution in [3.63, 3.8) is 0 Å². The van der Waals surface area contributed by atoms with E-state index in [9.17, 15) is 4.79 Å². The maximum absolute atomic E-state index is 12.0. The summed E-state index contributed by atoms with van der Waals surface area (Å²) in [5.41, 5.74) is 1.10. The quantitative estimate of drug-likeness (QED) is 0.726. The molecule has 0 saturated heterocycles. The zero-order valence-electron chi connectivity index (χ0n) is 9.69. The number of esters is 1. The fourth-order valence-corrected chi connectivity index (χ4v) is 2.27. The first kappa shape index (κ1) is 11.2. The molecule has 0 aliphatic heterocycles. The predicted octanol–water partition coefficient (Wildman–Crippen LogP) is 3.13. The van der Waals surface area contributed by atoms with Gasteiger partial charge in [0.15, 0.2) is 0 Å². The summed E-state index contributed by atoms with van der Waals surface area (Å²) < 4.78 is 5.18. The molecule has 1 saturated carbocycles. The molecule has 0 N–H and O–H groups in total. The van der Waals surface area contributed by atoms with Gasteiger partial charge in [0.05, 0.1) is 12.5 Å². The van der Waals surface area contributed by atoms with Crippen molar-refractivity contribution in [1.82, 2.24) is 0 Å². The minimum absolute atomic E-state index is 0.0464. The predicted molar refractivity (Wildman–Crippen MR) is 63.2 cm³/mol. The van der Waals surface area contributed by atoms with Crippen molar-refractivity contribution >= 4 is 5.97 Å². The van der Waals surface area contributed by atoms with Crippen LogP contribution in [0.3, 0.4) is 0 Å². The van der Waals surface area contributed by atoms with E-state index in [0.717, 1.165) is 18.4 Å². The van der Waals surface area contributed by atoms with Crippen LogP contribution in [0.15, 0.2) is 30.3 Å². The Kier molecular flexibility index (Phi) is 3.60. The Morgan fingerprint density at radius 2 is 2.06 bits per heavy atom. The van der Waals surface area contributed by atoms with Gasteiger partial charge in [0.2, 0.25) is 0 Å². The highest BCUT2D eigenvalue weighted by Gasteiger charge is 2.34. The molecule has 86 valence electrons. The monoisotopic (exact) mass is 218 g/mol. The molecule has 0 heterocycles. The summed E-state index contributed by atoms with van der Waals surface area (Å²) in [5.74, 6) is 0.384. The van der Waals surface area contributed by atoms with E-state index in [1.165, 1.54) is 6.42 Å². The molecule has 1 unspecified atom stereocenters. The molecule has 2 rings (SSSR count). The summed E-state index contributed by atoms with van der Waals surface area (Å²) in [7, 11) is 0. The lowest BCUT2D eigenvalue weighted by molar-refractivity contribution is -0.147. The third-order valence-corrected chi connectivity index (χ3v) is 3.32. The Morgan fingerprint density at radius 1 is 1.38 bits per heavy atom. The highest BCUT2D eigenvalue weighted by Crippen LogP contribution is 2.39. The molecule has 0 aromatic heterocycles. The van der Waals surface area contributed by atoms with Crippen LogP contribution in [0.5, 0.6) is 0 Å². The Labute approximate surface area is 96.6 Å². The van der Waals surface area contributed by atoms with E-state index in [2.05, 4.69) is 0 Å². The molecule has 16 heavy (non-hydrogen) atoms. The van der Waals surface area contributed by atoms with Crippen molar-refractivity contribution in [2.24, 2.45) is 5.92 Å². The molecule has 1 fully saturated rings. The topological polar surface area (TPSA) is 26.3 Å². The van der Waals surface area contributed by atoms with E-state index in [1.807, 2.05) is 37.3 Å². The second-order valence-electron chi connectivity index (χ2n) is 4.33. The van der Waals surface area contributed by atoms with Crippen LogP contribution in [0.1, 0.15) is 37.7 Å². The molecule has 1 aromatic carbocycles. The van der Waals surface area contributed by atoms with Gasteiger partial charge in [-0.3, -0.25) is 4.79 Å². The van der Waals surface area contributed by atoms with Crippen LogP contribution in [0, 0.1) is 5.92 Å². The number of rotatable bonds is 4. The molecule has 1 aliphatic rings. The Bertz CT molecular complexity index is 341. The van der Waals surface area contributed by atoms with Crippen molar-refractivity contribution in [3.8, 4) is 0 Å². The van der Waals surface area contributed by atoms with Crippen LogP contribution >= 0.6 is 0 Å². The lowest BCUT2D eigenvalue weighted by Gasteiger charge is -2.32. The Morgan fingerprint density at radius 3 is 2.56 bits per heavy atom. The third-order valence-electron chi connectivity index (χ3n) is 3.32. The number of carbonyl (C=O) groups is 1. The molecule has 0 bridgehead atoms. The molecule has 0 spiro atoms. The zero-order valence-corrected chi connectivity index (χ0v) is 9.69. The van der Waals surface area contributed by atoms with Crippen molar-refractivity contribution in [1.29, 1.82) is 0 Å². The van der Waals surface area contributed by atoms with E-state index in [4.69, 9.17) is 4.74 Å². The van der Waals surface area contributed by atoms with Gasteiger partial charge in [0.1, 0.15) is 0 Å². The van der Waals surface area contributed by atoms with Crippen molar-refractivity contribution < 1.29 is 9.53 Å². The van der Waals surface area contributed by atoms with E-state index in [1.54, 1.807) is 0 Å². The van der Waals surface area contributed by atoms with Crippen LogP contribution in [0.4, 0.5) is 0 Å². The summed E-state index contributed by atoms with van der Waals surface area (Å²) in [4.78, 5) is 12.0. The van der Waals surface area contributed by atoms with Gasteiger partial charge in [0.25, 0.3) is 0 Å². The summed E-state index contributed by atoms with van der Waals surface area (Å²) in [6, 6.07) is 10.0. The number of benzene rings is 1. The van der Waals surface area contributed by atoms with Gasteiger partial charge in [0, 0.05) is 0 Å². The van der Waals surface area contributed by atoms with Crippen LogP contribution < -0.4 is 0 Å². The average Bonchev–Trinajstić information content (AvgIpc) is 2.24. The third kappa shape index (κ3) is 2.26. The minimum Gasteiger partial charge on any atom is -0.466 e. The Hall–Kier alpha value is -1.31. The number of hydrogen-bond donors (Lipinski definition) is 0. The number of carbonyl (C=O) groups excluding carboxylic acids is 1. The molecule has 2 heteroatoms. The molecule has 1 aliphatic carbocycles. The molecule has 0 radical (unpaired) electrons. The van der Waals surface area contributed by atoms with E-state index in [-0.39, 0.29) is 11.9 Å². The highest BCUT2D eigenvalue weighted by atomic mass is 16.5. The van der Waals surface area contributed by atoms with Crippen molar-refractivity contribution in [3.05, 3.63) is 35.9 Å². The first-order valence-electron chi connectivity index (χ1n) is 6.04. The van der Waals surface area contributed by atoms with Crippen LogP contribution in [-0.4, -0.2) is 12.6 Å². The summed E-state index contributed by atoms with van der Waals surface area (Å²) in [5, 5.41) is 0. The maximum atomic E-state index is 12.0. The minimum atomic E-state index is -0.0570. The van der Waals surface area contributed by atoms with Gasteiger partial charge in [-0.25, -0.2) is 0 Å². The largest absolute Gasteiger partial charge is 0.466 e. The second-order valence-corrected chi connectivity index (χ2v) is 4.33. The number of ether oxygens (including phenoxy) is 1. The molecular weight excluding hydrogens is 200 g/mol. The average molecular weight is 218 g/mol. The van der Waals surface area contributed by atoms with Gasteiger partial charge in [-0.2, -0.15) is 0 Å². The lowest BCUT2D eigenvalue weighted by Crippen LogP contribution is -2.28. The smallest absolute Gasteiger partial charge is 0.313 e. The van der Waals surface area contributed by atoms with Gasteiger partial charge >= 0.3 is 5.97 Å². The first-order chi connectivity index (χ1) is 7.83. The van der Waals surface area contributed by atoms with Crippen molar-refractivity contribution in [2.75, 3.05) is 6.61 Å². The Balaban J connectivity index is 2.17. The highest BCUT2D eigenvalue weighted by molar-refractivity contribution is 5.78. The molecule has 2 nitrogen and oxygen atoms in total. The van der Waals surface area contributed by atoms with E-state index < -0.39 is 0 Å². The van der Waals surface area contributed by atoms with E-state index >= 15 is 0 Å². The van der Waals surface area contributed by atoms with Crippen LogP contribution in [0.25, 0.3) is 0 Å². The van der Waals surface area contributed by atoms with Gasteiger partial charge in [-0.1, -0.05) is 36.8 Å². The molecule has 0 amide bonds.